The number of carbonyl (C=O) groups excluding carboxylic acids is 1. The lowest BCUT2D eigenvalue weighted by Crippen LogP contribution is -2.33. The summed E-state index contributed by atoms with van der Waals surface area (Å²) in [7, 11) is 0. The molecule has 3 aromatic heterocycles. The van der Waals surface area contributed by atoms with Crippen molar-refractivity contribution in [3.63, 3.8) is 0 Å². The SMILES string of the molecule is Cc1c(C(=O)Nc2ccc(N3CCC(C)CC3)nc2)sc2ncn(Cc3ccccc3)c(=O)c12. The Morgan fingerprint density at radius 2 is 1.88 bits per heavy atom. The number of aryl methyl sites for hydroxylation is 1. The van der Waals surface area contributed by atoms with Gasteiger partial charge in [-0.25, -0.2) is 9.97 Å². The second-order valence-corrected chi connectivity index (χ2v) is 9.93. The zero-order chi connectivity index (χ0) is 23.7. The van der Waals surface area contributed by atoms with Crippen molar-refractivity contribution in [2.24, 2.45) is 5.92 Å². The third-order valence-electron chi connectivity index (χ3n) is 6.43. The van der Waals surface area contributed by atoms with E-state index in [1.165, 1.54) is 24.2 Å². The summed E-state index contributed by atoms with van der Waals surface area (Å²) in [5.41, 5.74) is 2.17. The van der Waals surface area contributed by atoms with E-state index in [2.05, 4.69) is 27.1 Å². The molecule has 34 heavy (non-hydrogen) atoms. The number of nitrogens with zero attached hydrogens (tertiary/aromatic N) is 4. The van der Waals surface area contributed by atoms with Crippen LogP contribution in [-0.2, 0) is 6.54 Å². The van der Waals surface area contributed by atoms with E-state index in [1.54, 1.807) is 17.1 Å². The van der Waals surface area contributed by atoms with Gasteiger partial charge in [0, 0.05) is 13.1 Å². The standard InChI is InChI=1S/C26H27N5O2S/c1-17-10-12-30(13-11-17)21-9-8-20(14-27-21)29-24(32)23-18(2)22-25(34-23)28-16-31(26(22)33)15-19-6-4-3-5-7-19/h3-9,14,16-17H,10-13,15H2,1-2H3,(H,29,32). The van der Waals surface area contributed by atoms with Gasteiger partial charge in [0.15, 0.2) is 0 Å². The van der Waals surface area contributed by atoms with Crippen molar-refractivity contribution < 1.29 is 4.79 Å². The maximum atomic E-state index is 13.1. The lowest BCUT2D eigenvalue weighted by atomic mass is 9.99. The molecule has 5 rings (SSSR count). The van der Waals surface area contributed by atoms with Gasteiger partial charge < -0.3 is 10.2 Å². The van der Waals surface area contributed by atoms with Crippen LogP contribution in [0.3, 0.4) is 0 Å². The number of pyridine rings is 1. The molecule has 1 N–H and O–H groups in total. The van der Waals surface area contributed by atoms with Gasteiger partial charge in [-0.15, -0.1) is 11.3 Å². The molecule has 1 saturated heterocycles. The van der Waals surface area contributed by atoms with Crippen LogP contribution in [0.5, 0.6) is 0 Å². The average molecular weight is 474 g/mol. The quantitative estimate of drug-likeness (QED) is 0.455. The molecular formula is C26H27N5O2S. The maximum Gasteiger partial charge on any atom is 0.266 e. The molecule has 1 aromatic carbocycles. The van der Waals surface area contributed by atoms with Crippen LogP contribution in [0.15, 0.2) is 59.8 Å². The van der Waals surface area contributed by atoms with Crippen LogP contribution in [0, 0.1) is 12.8 Å². The van der Waals surface area contributed by atoms with E-state index in [1.807, 2.05) is 49.4 Å². The number of piperidine rings is 1. The fraction of sp³-hybridized carbons (Fsp3) is 0.308. The summed E-state index contributed by atoms with van der Waals surface area (Å²) in [6.07, 6.45) is 5.59. The van der Waals surface area contributed by atoms with Gasteiger partial charge in [-0.05, 0) is 48.9 Å². The topological polar surface area (TPSA) is 80.1 Å². The van der Waals surface area contributed by atoms with Crippen molar-refractivity contribution in [1.29, 1.82) is 0 Å². The van der Waals surface area contributed by atoms with E-state index in [9.17, 15) is 9.59 Å². The third-order valence-corrected chi connectivity index (χ3v) is 7.63. The first-order chi connectivity index (χ1) is 16.5. The van der Waals surface area contributed by atoms with Crippen LogP contribution in [0.4, 0.5) is 11.5 Å². The molecule has 174 valence electrons. The maximum absolute atomic E-state index is 13.1. The van der Waals surface area contributed by atoms with Gasteiger partial charge in [-0.1, -0.05) is 37.3 Å². The minimum Gasteiger partial charge on any atom is -0.357 e. The Hall–Kier alpha value is -3.52. The third kappa shape index (κ3) is 4.46. The monoisotopic (exact) mass is 473 g/mol. The zero-order valence-corrected chi connectivity index (χ0v) is 20.1. The van der Waals surface area contributed by atoms with Crippen molar-refractivity contribution >= 4 is 39.0 Å². The number of rotatable bonds is 5. The number of nitrogens with one attached hydrogen (secondary N) is 1. The van der Waals surface area contributed by atoms with Crippen molar-refractivity contribution in [3.8, 4) is 0 Å². The molecule has 0 unspecified atom stereocenters. The van der Waals surface area contributed by atoms with Crippen molar-refractivity contribution in [3.05, 3.63) is 81.3 Å². The van der Waals surface area contributed by atoms with Gasteiger partial charge in [-0.3, -0.25) is 14.2 Å². The Morgan fingerprint density at radius 1 is 1.12 bits per heavy atom. The summed E-state index contributed by atoms with van der Waals surface area (Å²) in [6, 6.07) is 13.6. The smallest absolute Gasteiger partial charge is 0.266 e. The summed E-state index contributed by atoms with van der Waals surface area (Å²) in [6.45, 7) is 6.55. The van der Waals surface area contributed by atoms with E-state index in [-0.39, 0.29) is 11.5 Å². The first-order valence-electron chi connectivity index (χ1n) is 11.5. The Bertz CT molecular complexity index is 1370. The largest absolute Gasteiger partial charge is 0.357 e. The van der Waals surface area contributed by atoms with Crippen molar-refractivity contribution in [2.75, 3.05) is 23.3 Å². The van der Waals surface area contributed by atoms with E-state index >= 15 is 0 Å². The van der Waals surface area contributed by atoms with Crippen molar-refractivity contribution in [2.45, 2.75) is 33.2 Å². The van der Waals surface area contributed by atoms with Crippen LogP contribution in [-0.4, -0.2) is 33.5 Å². The van der Waals surface area contributed by atoms with Crippen LogP contribution in [0.25, 0.3) is 10.2 Å². The molecule has 0 bridgehead atoms. The number of benzene rings is 1. The summed E-state index contributed by atoms with van der Waals surface area (Å²) < 4.78 is 1.59. The number of anilines is 2. The molecule has 1 aliphatic heterocycles. The molecule has 4 aromatic rings. The molecule has 7 nitrogen and oxygen atoms in total. The van der Waals surface area contributed by atoms with Gasteiger partial charge >= 0.3 is 0 Å². The average Bonchev–Trinajstić information content (AvgIpc) is 3.20. The van der Waals surface area contributed by atoms with Gasteiger partial charge in [0.25, 0.3) is 11.5 Å². The molecule has 0 aliphatic carbocycles. The predicted molar refractivity (Wildman–Crippen MR) is 137 cm³/mol. The Balaban J connectivity index is 1.34. The number of aromatic nitrogens is 3. The van der Waals surface area contributed by atoms with Crippen LogP contribution in [0.2, 0.25) is 0 Å². The molecule has 4 heterocycles. The Labute approximate surface area is 202 Å². The van der Waals surface area contributed by atoms with E-state index < -0.39 is 0 Å². The molecule has 1 aliphatic rings. The lowest BCUT2D eigenvalue weighted by Gasteiger charge is -2.31. The van der Waals surface area contributed by atoms with Gasteiger partial charge in [0.1, 0.15) is 10.6 Å². The number of hydrogen-bond acceptors (Lipinski definition) is 6. The summed E-state index contributed by atoms with van der Waals surface area (Å²) in [5.74, 6) is 1.44. The van der Waals surface area contributed by atoms with Gasteiger partial charge in [0.2, 0.25) is 0 Å². The number of carbonyl (C=O) groups is 1. The Kier molecular flexibility index (Phi) is 6.15. The first kappa shape index (κ1) is 22.3. The highest BCUT2D eigenvalue weighted by Gasteiger charge is 2.21. The highest BCUT2D eigenvalue weighted by Crippen LogP contribution is 2.28. The van der Waals surface area contributed by atoms with Crippen molar-refractivity contribution in [1.82, 2.24) is 14.5 Å². The normalized spacial score (nSPS) is 14.5. The van der Waals surface area contributed by atoms with Crippen LogP contribution in [0.1, 0.15) is 40.6 Å². The molecule has 1 fully saturated rings. The van der Waals surface area contributed by atoms with Gasteiger partial charge in [0.05, 0.1) is 35.0 Å². The molecule has 0 saturated carbocycles. The molecule has 0 atom stereocenters. The first-order valence-corrected chi connectivity index (χ1v) is 12.4. The van der Waals surface area contributed by atoms with Gasteiger partial charge in [-0.2, -0.15) is 0 Å². The minimum absolute atomic E-state index is 0.136. The number of thiophene rings is 1. The highest BCUT2D eigenvalue weighted by molar-refractivity contribution is 7.20. The van der Waals surface area contributed by atoms with E-state index in [0.29, 0.717) is 32.9 Å². The van der Waals surface area contributed by atoms with E-state index in [4.69, 9.17) is 0 Å². The fourth-order valence-electron chi connectivity index (χ4n) is 4.34. The fourth-order valence-corrected chi connectivity index (χ4v) is 5.38. The number of hydrogen-bond donors (Lipinski definition) is 1. The summed E-state index contributed by atoms with van der Waals surface area (Å²) in [4.78, 5) is 38.5. The summed E-state index contributed by atoms with van der Waals surface area (Å²) >= 11 is 1.24. The molecule has 1 amide bonds. The molecule has 0 radical (unpaired) electrons. The molecule has 0 spiro atoms. The van der Waals surface area contributed by atoms with Crippen LogP contribution < -0.4 is 15.8 Å². The molecule has 8 heteroatoms. The second kappa shape index (κ2) is 9.38. The second-order valence-electron chi connectivity index (χ2n) is 8.93. The van der Waals surface area contributed by atoms with E-state index in [0.717, 1.165) is 30.4 Å². The lowest BCUT2D eigenvalue weighted by molar-refractivity contribution is 0.103. The predicted octanol–water partition coefficient (Wildman–Crippen LogP) is 4.70. The minimum atomic E-state index is -0.254. The number of amides is 1. The molecular weight excluding hydrogens is 446 g/mol. The van der Waals surface area contributed by atoms with Crippen LogP contribution >= 0.6 is 11.3 Å². The number of fused-ring (bicyclic) bond motifs is 1. The highest BCUT2D eigenvalue weighted by atomic mass is 32.1. The Morgan fingerprint density at radius 3 is 2.59 bits per heavy atom. The zero-order valence-electron chi connectivity index (χ0n) is 19.3. The summed E-state index contributed by atoms with van der Waals surface area (Å²) in [5, 5.41) is 3.43.